The van der Waals surface area contributed by atoms with Crippen LogP contribution in [0.5, 0.6) is 5.75 Å². The van der Waals surface area contributed by atoms with E-state index in [2.05, 4.69) is 20.2 Å². The van der Waals surface area contributed by atoms with Gasteiger partial charge < -0.3 is 10.5 Å². The first-order valence-corrected chi connectivity index (χ1v) is 10.9. The van der Waals surface area contributed by atoms with E-state index in [-0.39, 0.29) is 11.5 Å². The highest BCUT2D eigenvalue weighted by atomic mass is 32.2. The fourth-order valence-electron chi connectivity index (χ4n) is 3.20. The smallest absolute Gasteiger partial charge is 0.262 e. The maximum atomic E-state index is 12.3. The molecule has 11 heteroatoms. The highest BCUT2D eigenvalue weighted by Gasteiger charge is 2.17. The van der Waals surface area contributed by atoms with Gasteiger partial charge in [0.15, 0.2) is 0 Å². The Balaban J connectivity index is 1.51. The SMILES string of the molecule is COc1cc(Cn2cc(CN)cn2)cc2n[nH]c(CONS(=O)(=O)c3ccccc3)c12. The molecule has 0 amide bonds. The molecule has 31 heavy (non-hydrogen) atoms. The molecule has 0 unspecified atom stereocenters. The average molecular weight is 443 g/mol. The van der Waals surface area contributed by atoms with Crippen LogP contribution in [0.3, 0.4) is 0 Å². The van der Waals surface area contributed by atoms with Gasteiger partial charge in [-0.25, -0.2) is 8.42 Å². The van der Waals surface area contributed by atoms with Crippen LogP contribution < -0.4 is 15.4 Å². The van der Waals surface area contributed by atoms with E-state index in [4.69, 9.17) is 15.3 Å². The van der Waals surface area contributed by atoms with Crippen LogP contribution in [-0.4, -0.2) is 35.5 Å². The Morgan fingerprint density at radius 3 is 2.71 bits per heavy atom. The van der Waals surface area contributed by atoms with E-state index in [1.165, 1.54) is 12.1 Å². The number of methoxy groups -OCH3 is 1. The van der Waals surface area contributed by atoms with E-state index >= 15 is 0 Å². The van der Waals surface area contributed by atoms with Crippen LogP contribution in [0.2, 0.25) is 0 Å². The summed E-state index contributed by atoms with van der Waals surface area (Å²) in [5, 5.41) is 12.2. The van der Waals surface area contributed by atoms with E-state index in [1.54, 1.807) is 36.2 Å². The minimum absolute atomic E-state index is 0.0582. The number of nitrogens with zero attached hydrogens (tertiary/aromatic N) is 3. The lowest BCUT2D eigenvalue weighted by atomic mass is 10.1. The molecule has 0 saturated carbocycles. The molecule has 4 N–H and O–H groups in total. The minimum Gasteiger partial charge on any atom is -0.496 e. The Labute approximate surface area is 179 Å². The molecule has 2 aromatic carbocycles. The Morgan fingerprint density at radius 2 is 2.00 bits per heavy atom. The molecular weight excluding hydrogens is 420 g/mol. The standard InChI is InChI=1S/C20H22N6O4S/c1-29-19-8-14(11-26-12-15(9-21)10-22-26)7-17-20(19)18(24-23-17)13-30-25-31(27,28)16-5-3-2-4-6-16/h2-8,10,12,25H,9,11,13,21H2,1H3,(H,23,24). The number of nitrogens with two attached hydrogens (primary N) is 1. The summed E-state index contributed by atoms with van der Waals surface area (Å²) in [6.07, 6.45) is 3.62. The van der Waals surface area contributed by atoms with Crippen molar-refractivity contribution in [2.45, 2.75) is 24.6 Å². The van der Waals surface area contributed by atoms with Crippen molar-refractivity contribution < 1.29 is 18.0 Å². The average Bonchev–Trinajstić information content (AvgIpc) is 3.40. The summed E-state index contributed by atoms with van der Waals surface area (Å²) in [5.41, 5.74) is 8.78. The van der Waals surface area contributed by atoms with Gasteiger partial charge in [-0.05, 0) is 29.8 Å². The molecule has 4 rings (SSSR count). The first-order chi connectivity index (χ1) is 15.0. The predicted octanol–water partition coefficient (Wildman–Crippen LogP) is 1.69. The number of hydrogen-bond donors (Lipinski definition) is 3. The second-order valence-electron chi connectivity index (χ2n) is 6.83. The number of benzene rings is 2. The van der Waals surface area contributed by atoms with Crippen LogP contribution >= 0.6 is 0 Å². The molecule has 0 saturated heterocycles. The second-order valence-corrected chi connectivity index (χ2v) is 8.48. The van der Waals surface area contributed by atoms with E-state index in [9.17, 15) is 8.42 Å². The van der Waals surface area contributed by atoms with E-state index in [0.29, 0.717) is 35.4 Å². The molecule has 0 bridgehead atoms. The maximum absolute atomic E-state index is 12.3. The van der Waals surface area contributed by atoms with Gasteiger partial charge in [0.1, 0.15) is 12.4 Å². The summed E-state index contributed by atoms with van der Waals surface area (Å²) in [6, 6.07) is 11.8. The van der Waals surface area contributed by atoms with Crippen molar-refractivity contribution in [1.29, 1.82) is 0 Å². The number of sulfonamides is 1. The zero-order chi connectivity index (χ0) is 21.8. The Kier molecular flexibility index (Phi) is 6.00. The Bertz CT molecular complexity index is 1280. The normalized spacial score (nSPS) is 11.8. The summed E-state index contributed by atoms with van der Waals surface area (Å²) < 4.78 is 31.9. The number of fused-ring (bicyclic) bond motifs is 1. The molecule has 0 spiro atoms. The van der Waals surface area contributed by atoms with Crippen molar-refractivity contribution in [3.8, 4) is 5.75 Å². The third kappa shape index (κ3) is 4.59. The van der Waals surface area contributed by atoms with Crippen molar-refractivity contribution >= 4 is 20.9 Å². The lowest BCUT2D eigenvalue weighted by Gasteiger charge is -2.09. The predicted molar refractivity (Wildman–Crippen MR) is 113 cm³/mol. The maximum Gasteiger partial charge on any atom is 0.262 e. The summed E-state index contributed by atoms with van der Waals surface area (Å²) in [4.78, 5) is 7.50. The van der Waals surface area contributed by atoms with Gasteiger partial charge in [0.05, 0.1) is 41.3 Å². The molecule has 162 valence electrons. The second kappa shape index (κ2) is 8.86. The fourth-order valence-corrected chi connectivity index (χ4v) is 4.03. The van der Waals surface area contributed by atoms with Gasteiger partial charge in [-0.2, -0.15) is 10.2 Å². The number of ether oxygens (including phenoxy) is 1. The highest BCUT2D eigenvalue weighted by molar-refractivity contribution is 7.89. The Morgan fingerprint density at radius 1 is 1.19 bits per heavy atom. The molecule has 0 aliphatic heterocycles. The Hall–Kier alpha value is -3.25. The summed E-state index contributed by atoms with van der Waals surface area (Å²) in [6.45, 7) is 0.901. The number of rotatable bonds is 9. The van der Waals surface area contributed by atoms with Gasteiger partial charge in [-0.3, -0.25) is 14.6 Å². The molecule has 4 aromatic rings. The summed E-state index contributed by atoms with van der Waals surface area (Å²) in [7, 11) is -2.22. The van der Waals surface area contributed by atoms with E-state index in [1.807, 2.05) is 18.3 Å². The van der Waals surface area contributed by atoms with Gasteiger partial charge in [0, 0.05) is 18.3 Å². The lowest BCUT2D eigenvalue weighted by Crippen LogP contribution is -2.24. The van der Waals surface area contributed by atoms with Crippen molar-refractivity contribution in [1.82, 2.24) is 24.9 Å². The fraction of sp³-hybridized carbons (Fsp3) is 0.200. The van der Waals surface area contributed by atoms with E-state index in [0.717, 1.165) is 11.1 Å². The monoisotopic (exact) mass is 442 g/mol. The molecule has 10 nitrogen and oxygen atoms in total. The third-order valence-electron chi connectivity index (χ3n) is 4.68. The van der Waals surface area contributed by atoms with E-state index < -0.39 is 10.0 Å². The quantitative estimate of drug-likeness (QED) is 0.335. The van der Waals surface area contributed by atoms with Crippen LogP contribution in [0.4, 0.5) is 0 Å². The van der Waals surface area contributed by atoms with Gasteiger partial charge >= 0.3 is 0 Å². The van der Waals surface area contributed by atoms with Crippen molar-refractivity contribution in [2.75, 3.05) is 7.11 Å². The lowest BCUT2D eigenvalue weighted by molar-refractivity contribution is 0.0778. The topological polar surface area (TPSA) is 137 Å². The molecule has 0 aliphatic carbocycles. The molecule has 0 fully saturated rings. The molecule has 0 aliphatic rings. The molecule has 2 heterocycles. The van der Waals surface area contributed by atoms with Crippen molar-refractivity contribution in [3.05, 3.63) is 71.7 Å². The summed E-state index contributed by atoms with van der Waals surface area (Å²) in [5.74, 6) is 0.594. The number of H-pyrrole nitrogens is 1. The van der Waals surface area contributed by atoms with Crippen molar-refractivity contribution in [3.63, 3.8) is 0 Å². The molecule has 0 atom stereocenters. The minimum atomic E-state index is -3.78. The number of nitrogens with one attached hydrogen (secondary N) is 2. The van der Waals surface area contributed by atoms with Crippen LogP contribution in [0, 0.1) is 0 Å². The van der Waals surface area contributed by atoms with Crippen LogP contribution in [0.1, 0.15) is 16.8 Å². The zero-order valence-electron chi connectivity index (χ0n) is 16.8. The van der Waals surface area contributed by atoms with Gasteiger partial charge in [-0.15, -0.1) is 0 Å². The zero-order valence-corrected chi connectivity index (χ0v) is 17.6. The number of aromatic amines is 1. The van der Waals surface area contributed by atoms with Crippen molar-refractivity contribution in [2.24, 2.45) is 5.73 Å². The number of hydrogen-bond acceptors (Lipinski definition) is 7. The molecular formula is C20H22N6O4S. The molecule has 2 aromatic heterocycles. The van der Waals surface area contributed by atoms with Crippen LogP contribution in [0.25, 0.3) is 10.9 Å². The van der Waals surface area contributed by atoms with Crippen LogP contribution in [0.15, 0.2) is 59.8 Å². The first-order valence-electron chi connectivity index (χ1n) is 9.44. The largest absolute Gasteiger partial charge is 0.496 e. The van der Waals surface area contributed by atoms with Gasteiger partial charge in [-0.1, -0.05) is 23.1 Å². The number of aromatic nitrogens is 4. The highest BCUT2D eigenvalue weighted by Crippen LogP contribution is 2.30. The van der Waals surface area contributed by atoms with Gasteiger partial charge in [0.2, 0.25) is 0 Å². The summed E-state index contributed by atoms with van der Waals surface area (Å²) >= 11 is 0. The first kappa shape index (κ1) is 21.0. The third-order valence-corrected chi connectivity index (χ3v) is 5.91. The molecule has 0 radical (unpaired) electrons. The van der Waals surface area contributed by atoms with Crippen LogP contribution in [-0.2, 0) is 34.6 Å². The van der Waals surface area contributed by atoms with Gasteiger partial charge in [0.25, 0.3) is 10.0 Å².